The minimum atomic E-state index is -0.996. The van der Waals surface area contributed by atoms with E-state index in [1.807, 2.05) is 12.1 Å². The van der Waals surface area contributed by atoms with Crippen molar-refractivity contribution in [2.45, 2.75) is 43.9 Å². The SMILES string of the molecule is COc1ccc(Nc2ccc(N(C)c3ccc(C45CC6CC(CC(C6)C4)C5)cc3)cc2)c(C(=O)O)c1. The predicted octanol–water partition coefficient (Wildman–Crippen LogP) is 7.37. The number of carbonyl (C=O) groups is 1. The van der Waals surface area contributed by atoms with E-state index in [2.05, 4.69) is 53.7 Å². The van der Waals surface area contributed by atoms with Gasteiger partial charge in [0, 0.05) is 24.1 Å². The highest BCUT2D eigenvalue weighted by atomic mass is 16.5. The number of anilines is 4. The lowest BCUT2D eigenvalue weighted by atomic mass is 9.48. The van der Waals surface area contributed by atoms with Gasteiger partial charge in [-0.15, -0.1) is 0 Å². The average molecular weight is 483 g/mol. The van der Waals surface area contributed by atoms with Gasteiger partial charge in [-0.2, -0.15) is 0 Å². The molecular weight excluding hydrogens is 448 g/mol. The second-order valence-corrected chi connectivity index (χ2v) is 11.2. The Labute approximate surface area is 213 Å². The van der Waals surface area contributed by atoms with Crippen LogP contribution >= 0.6 is 0 Å². The van der Waals surface area contributed by atoms with Crippen molar-refractivity contribution in [2.75, 3.05) is 24.4 Å². The molecule has 3 aromatic carbocycles. The van der Waals surface area contributed by atoms with E-state index in [0.29, 0.717) is 16.9 Å². The van der Waals surface area contributed by atoms with Gasteiger partial charge in [0.2, 0.25) is 0 Å². The van der Waals surface area contributed by atoms with E-state index >= 15 is 0 Å². The molecule has 5 heteroatoms. The second kappa shape index (κ2) is 8.88. The number of rotatable bonds is 7. The van der Waals surface area contributed by atoms with Crippen LogP contribution in [0, 0.1) is 17.8 Å². The first-order valence-electron chi connectivity index (χ1n) is 13.1. The van der Waals surface area contributed by atoms with Gasteiger partial charge in [0.15, 0.2) is 0 Å². The van der Waals surface area contributed by atoms with E-state index in [9.17, 15) is 9.90 Å². The van der Waals surface area contributed by atoms with Gasteiger partial charge < -0.3 is 20.1 Å². The van der Waals surface area contributed by atoms with Crippen LogP contribution in [0.3, 0.4) is 0 Å². The molecule has 0 atom stereocenters. The monoisotopic (exact) mass is 482 g/mol. The Hall–Kier alpha value is -3.47. The fourth-order valence-corrected chi connectivity index (χ4v) is 7.51. The predicted molar refractivity (Wildman–Crippen MR) is 144 cm³/mol. The summed E-state index contributed by atoms with van der Waals surface area (Å²) in [7, 11) is 3.62. The van der Waals surface area contributed by atoms with Gasteiger partial charge in [-0.3, -0.25) is 0 Å². The number of carboxylic acids is 1. The van der Waals surface area contributed by atoms with Gasteiger partial charge in [-0.05, 0) is 122 Å². The smallest absolute Gasteiger partial charge is 0.337 e. The molecule has 0 spiro atoms. The Balaban J connectivity index is 1.17. The van der Waals surface area contributed by atoms with Crippen LogP contribution in [-0.4, -0.2) is 25.2 Å². The van der Waals surface area contributed by atoms with Crippen LogP contribution < -0.4 is 15.0 Å². The van der Waals surface area contributed by atoms with E-state index in [4.69, 9.17) is 4.74 Å². The fraction of sp³-hybridized carbons (Fsp3) is 0.387. The molecule has 4 aliphatic rings. The van der Waals surface area contributed by atoms with Crippen LogP contribution in [0.1, 0.15) is 54.4 Å². The summed E-state index contributed by atoms with van der Waals surface area (Å²) in [5.74, 6) is 2.38. The van der Waals surface area contributed by atoms with Crippen molar-refractivity contribution < 1.29 is 14.6 Å². The quantitative estimate of drug-likeness (QED) is 0.368. The number of hydrogen-bond donors (Lipinski definition) is 2. The zero-order valence-corrected chi connectivity index (χ0v) is 21.0. The lowest BCUT2D eigenvalue weighted by molar-refractivity contribution is -0.00518. The molecule has 4 aliphatic carbocycles. The number of nitrogens with one attached hydrogen (secondary N) is 1. The largest absolute Gasteiger partial charge is 0.497 e. The molecule has 4 saturated carbocycles. The van der Waals surface area contributed by atoms with Crippen molar-refractivity contribution in [1.29, 1.82) is 0 Å². The highest BCUT2D eigenvalue weighted by Crippen LogP contribution is 2.60. The van der Waals surface area contributed by atoms with E-state index in [-0.39, 0.29) is 5.56 Å². The molecule has 186 valence electrons. The van der Waals surface area contributed by atoms with Gasteiger partial charge in [0.1, 0.15) is 5.75 Å². The lowest BCUT2D eigenvalue weighted by Gasteiger charge is -2.57. The third kappa shape index (κ3) is 4.11. The Morgan fingerprint density at radius 3 is 1.97 bits per heavy atom. The molecule has 7 rings (SSSR count). The minimum Gasteiger partial charge on any atom is -0.497 e. The van der Waals surface area contributed by atoms with Crippen LogP contribution in [0.25, 0.3) is 0 Å². The van der Waals surface area contributed by atoms with Crippen LogP contribution in [0.5, 0.6) is 5.75 Å². The molecule has 0 heterocycles. The minimum absolute atomic E-state index is 0.176. The second-order valence-electron chi connectivity index (χ2n) is 11.2. The van der Waals surface area contributed by atoms with Gasteiger partial charge in [-0.1, -0.05) is 12.1 Å². The van der Waals surface area contributed by atoms with Crippen LogP contribution in [0.2, 0.25) is 0 Å². The molecule has 2 N–H and O–H groups in total. The molecule has 4 fully saturated rings. The lowest BCUT2D eigenvalue weighted by Crippen LogP contribution is -2.48. The summed E-state index contributed by atoms with van der Waals surface area (Å²) >= 11 is 0. The molecule has 5 nitrogen and oxygen atoms in total. The summed E-state index contributed by atoms with van der Waals surface area (Å²) in [6.45, 7) is 0. The van der Waals surface area contributed by atoms with E-state index in [0.717, 1.165) is 29.1 Å². The summed E-state index contributed by atoms with van der Waals surface area (Å²) in [5, 5.41) is 12.8. The zero-order chi connectivity index (χ0) is 24.9. The van der Waals surface area contributed by atoms with Crippen LogP contribution in [0.4, 0.5) is 22.7 Å². The summed E-state index contributed by atoms with van der Waals surface area (Å²) < 4.78 is 5.17. The highest BCUT2D eigenvalue weighted by Gasteiger charge is 2.51. The molecule has 0 unspecified atom stereocenters. The van der Waals surface area contributed by atoms with Crippen molar-refractivity contribution in [1.82, 2.24) is 0 Å². The molecule has 0 amide bonds. The molecule has 4 bridgehead atoms. The van der Waals surface area contributed by atoms with Crippen molar-refractivity contribution in [3.8, 4) is 5.75 Å². The average Bonchev–Trinajstić information content (AvgIpc) is 2.88. The summed E-state index contributed by atoms with van der Waals surface area (Å²) in [5.41, 5.74) is 5.77. The number of hydrogen-bond acceptors (Lipinski definition) is 4. The summed E-state index contributed by atoms with van der Waals surface area (Å²) in [6, 6.07) is 22.4. The number of aromatic carboxylic acids is 1. The molecular formula is C31H34N2O3. The Morgan fingerprint density at radius 1 is 0.889 bits per heavy atom. The molecule has 0 aliphatic heterocycles. The first-order valence-corrected chi connectivity index (χ1v) is 13.1. The van der Waals surface area contributed by atoms with Gasteiger partial charge in [0.05, 0.1) is 18.4 Å². The number of carboxylic acid groups (broad SMARTS) is 1. The Morgan fingerprint density at radius 2 is 1.44 bits per heavy atom. The van der Waals surface area contributed by atoms with E-state index < -0.39 is 5.97 Å². The highest BCUT2D eigenvalue weighted by molar-refractivity contribution is 5.95. The maximum absolute atomic E-state index is 11.7. The third-order valence-corrected chi connectivity index (χ3v) is 8.90. The third-order valence-electron chi connectivity index (χ3n) is 8.90. The summed E-state index contributed by atoms with van der Waals surface area (Å²) in [6.07, 6.45) is 8.59. The topological polar surface area (TPSA) is 61.8 Å². The first-order chi connectivity index (χ1) is 17.4. The van der Waals surface area contributed by atoms with Gasteiger partial charge in [0.25, 0.3) is 0 Å². The molecule has 3 aromatic rings. The van der Waals surface area contributed by atoms with Crippen molar-refractivity contribution >= 4 is 28.7 Å². The Bertz CT molecular complexity index is 1230. The van der Waals surface area contributed by atoms with Crippen LogP contribution in [0.15, 0.2) is 66.7 Å². The maximum atomic E-state index is 11.7. The fourth-order valence-electron chi connectivity index (χ4n) is 7.51. The van der Waals surface area contributed by atoms with Crippen molar-refractivity contribution in [3.63, 3.8) is 0 Å². The number of nitrogens with zero attached hydrogens (tertiary/aromatic N) is 1. The van der Waals surface area contributed by atoms with Crippen LogP contribution in [-0.2, 0) is 5.41 Å². The van der Waals surface area contributed by atoms with Gasteiger partial charge in [-0.25, -0.2) is 4.79 Å². The van der Waals surface area contributed by atoms with E-state index in [1.165, 1.54) is 57.4 Å². The first kappa shape index (κ1) is 23.0. The summed E-state index contributed by atoms with van der Waals surface area (Å²) in [4.78, 5) is 13.9. The zero-order valence-electron chi connectivity index (χ0n) is 21.0. The number of ether oxygens (including phenoxy) is 1. The normalized spacial score (nSPS) is 26.0. The van der Waals surface area contributed by atoms with Crippen molar-refractivity contribution in [3.05, 3.63) is 77.9 Å². The number of methoxy groups -OCH3 is 1. The van der Waals surface area contributed by atoms with Crippen molar-refractivity contribution in [2.24, 2.45) is 17.8 Å². The molecule has 0 saturated heterocycles. The Kier molecular flexibility index (Phi) is 5.66. The maximum Gasteiger partial charge on any atom is 0.337 e. The number of benzene rings is 3. The molecule has 0 aromatic heterocycles. The van der Waals surface area contributed by atoms with Gasteiger partial charge >= 0.3 is 5.97 Å². The molecule has 0 radical (unpaired) electrons. The molecule has 36 heavy (non-hydrogen) atoms. The standard InChI is InChI=1S/C31H34N2O3/c1-33(25-7-3-23(4-8-25)31-17-20-13-21(18-31)15-22(14-20)19-31)26-9-5-24(6-10-26)32-29-12-11-27(36-2)16-28(29)30(34)35/h3-12,16,20-22,32H,13-15,17-19H2,1-2H3,(H,34,35). The van der Waals surface area contributed by atoms with E-state index in [1.54, 1.807) is 17.7 Å².